The zero-order chi connectivity index (χ0) is 15.2. The van der Waals surface area contributed by atoms with Gasteiger partial charge in [-0.2, -0.15) is 5.10 Å². The molecule has 0 heterocycles. The van der Waals surface area contributed by atoms with Crippen molar-refractivity contribution in [2.75, 3.05) is 7.11 Å². The van der Waals surface area contributed by atoms with Gasteiger partial charge in [0.05, 0.1) is 18.3 Å². The largest absolute Gasteiger partial charge is 0.495 e. The molecule has 0 aliphatic rings. The second kappa shape index (κ2) is 7.24. The van der Waals surface area contributed by atoms with Gasteiger partial charge in [0.25, 0.3) is 5.91 Å². The highest BCUT2D eigenvalue weighted by molar-refractivity contribution is 9.10. The smallest absolute Gasteiger partial charge is 0.271 e. The van der Waals surface area contributed by atoms with Crippen molar-refractivity contribution < 1.29 is 9.53 Å². The molecule has 2 aromatic carbocycles. The van der Waals surface area contributed by atoms with Crippen molar-refractivity contribution in [3.05, 3.63) is 63.1 Å². The van der Waals surface area contributed by atoms with E-state index in [0.717, 1.165) is 10.0 Å². The molecule has 1 N–H and O–H groups in total. The highest BCUT2D eigenvalue weighted by Crippen LogP contribution is 2.24. The third-order valence-electron chi connectivity index (χ3n) is 2.64. The van der Waals surface area contributed by atoms with E-state index >= 15 is 0 Å². The van der Waals surface area contributed by atoms with E-state index in [-0.39, 0.29) is 5.91 Å². The zero-order valence-corrected chi connectivity index (χ0v) is 13.5. The molecule has 2 rings (SSSR count). The van der Waals surface area contributed by atoms with Crippen LogP contribution in [0.3, 0.4) is 0 Å². The molecule has 0 spiro atoms. The van der Waals surface area contributed by atoms with Crippen LogP contribution in [-0.2, 0) is 0 Å². The maximum absolute atomic E-state index is 11.9. The van der Waals surface area contributed by atoms with Gasteiger partial charge in [-0.1, -0.05) is 33.6 Å². The molecule has 4 nitrogen and oxygen atoms in total. The summed E-state index contributed by atoms with van der Waals surface area (Å²) in [6.45, 7) is 0. The summed E-state index contributed by atoms with van der Waals surface area (Å²) in [7, 11) is 1.55. The van der Waals surface area contributed by atoms with Gasteiger partial charge in [-0.15, -0.1) is 0 Å². The third kappa shape index (κ3) is 4.31. The van der Waals surface area contributed by atoms with E-state index in [2.05, 4.69) is 26.5 Å². The molecule has 0 atom stereocenters. The standard InChI is InChI=1S/C15H12BrClN2O2/c1-21-14-6-5-10(7-13(14)17)9-18-19-15(20)11-3-2-4-12(16)8-11/h2-9H,1H3,(H,19,20)/b18-9+. The van der Waals surface area contributed by atoms with E-state index in [0.29, 0.717) is 16.3 Å². The Hall–Kier alpha value is -1.85. The highest BCUT2D eigenvalue weighted by atomic mass is 79.9. The molecule has 0 bridgehead atoms. The average Bonchev–Trinajstić information content (AvgIpc) is 2.47. The molecule has 0 fully saturated rings. The van der Waals surface area contributed by atoms with Gasteiger partial charge in [0.15, 0.2) is 0 Å². The molecule has 6 heteroatoms. The minimum absolute atomic E-state index is 0.285. The average molecular weight is 368 g/mol. The number of amides is 1. The summed E-state index contributed by atoms with van der Waals surface area (Å²) in [5.41, 5.74) is 3.74. The van der Waals surface area contributed by atoms with E-state index in [1.54, 1.807) is 43.5 Å². The number of benzene rings is 2. The molecule has 108 valence electrons. The molecule has 0 aromatic heterocycles. The van der Waals surface area contributed by atoms with E-state index in [1.165, 1.54) is 6.21 Å². The van der Waals surface area contributed by atoms with Gasteiger partial charge in [0, 0.05) is 10.0 Å². The third-order valence-corrected chi connectivity index (χ3v) is 3.43. The Bertz CT molecular complexity index is 689. The van der Waals surface area contributed by atoms with Crippen LogP contribution >= 0.6 is 27.5 Å². The summed E-state index contributed by atoms with van der Waals surface area (Å²) in [6.07, 6.45) is 1.52. The summed E-state index contributed by atoms with van der Waals surface area (Å²) in [5, 5.41) is 4.39. The molecular formula is C15H12BrClN2O2. The van der Waals surface area contributed by atoms with Crippen molar-refractivity contribution in [2.24, 2.45) is 5.10 Å². The fourth-order valence-electron chi connectivity index (χ4n) is 1.62. The Morgan fingerprint density at radius 1 is 1.33 bits per heavy atom. The Morgan fingerprint density at radius 3 is 2.81 bits per heavy atom. The molecular weight excluding hydrogens is 356 g/mol. The van der Waals surface area contributed by atoms with Gasteiger partial charge in [-0.05, 0) is 42.0 Å². The second-order valence-electron chi connectivity index (χ2n) is 4.10. The summed E-state index contributed by atoms with van der Waals surface area (Å²) >= 11 is 9.32. The lowest BCUT2D eigenvalue weighted by Gasteiger charge is -2.03. The van der Waals surface area contributed by atoms with Crippen LogP contribution in [0.2, 0.25) is 5.02 Å². The number of carbonyl (C=O) groups excluding carboxylic acids is 1. The predicted octanol–water partition coefficient (Wildman–Crippen LogP) is 3.88. The van der Waals surface area contributed by atoms with E-state index < -0.39 is 0 Å². The zero-order valence-electron chi connectivity index (χ0n) is 11.1. The fourth-order valence-corrected chi connectivity index (χ4v) is 2.29. The van der Waals surface area contributed by atoms with Gasteiger partial charge in [0.2, 0.25) is 0 Å². The summed E-state index contributed by atoms with van der Waals surface area (Å²) in [4.78, 5) is 11.9. The van der Waals surface area contributed by atoms with Crippen molar-refractivity contribution in [3.8, 4) is 5.75 Å². The minimum atomic E-state index is -0.285. The van der Waals surface area contributed by atoms with Gasteiger partial charge in [-0.3, -0.25) is 4.79 Å². The monoisotopic (exact) mass is 366 g/mol. The van der Waals surface area contributed by atoms with Crippen molar-refractivity contribution >= 4 is 39.7 Å². The van der Waals surface area contributed by atoms with Crippen molar-refractivity contribution in [2.45, 2.75) is 0 Å². The Morgan fingerprint density at radius 2 is 2.14 bits per heavy atom. The van der Waals surface area contributed by atoms with E-state index in [1.807, 2.05) is 6.07 Å². The van der Waals surface area contributed by atoms with Gasteiger partial charge < -0.3 is 4.74 Å². The summed E-state index contributed by atoms with van der Waals surface area (Å²) < 4.78 is 5.90. The molecule has 1 amide bonds. The van der Waals surface area contributed by atoms with Crippen LogP contribution in [0.25, 0.3) is 0 Å². The van der Waals surface area contributed by atoms with Gasteiger partial charge in [0.1, 0.15) is 5.75 Å². The highest BCUT2D eigenvalue weighted by Gasteiger charge is 2.04. The Labute approximate surface area is 135 Å². The van der Waals surface area contributed by atoms with Crippen LogP contribution in [-0.4, -0.2) is 19.2 Å². The number of ether oxygens (including phenoxy) is 1. The van der Waals surface area contributed by atoms with Gasteiger partial charge in [-0.25, -0.2) is 5.43 Å². The predicted molar refractivity (Wildman–Crippen MR) is 87.2 cm³/mol. The first-order valence-corrected chi connectivity index (χ1v) is 7.20. The number of nitrogens with zero attached hydrogens (tertiary/aromatic N) is 1. The number of halogens is 2. The second-order valence-corrected chi connectivity index (χ2v) is 5.43. The molecule has 0 radical (unpaired) electrons. The van der Waals surface area contributed by atoms with Gasteiger partial charge >= 0.3 is 0 Å². The van der Waals surface area contributed by atoms with Crippen LogP contribution in [0, 0.1) is 0 Å². The molecule has 0 unspecified atom stereocenters. The quantitative estimate of drug-likeness (QED) is 0.659. The number of methoxy groups -OCH3 is 1. The molecule has 0 saturated carbocycles. The number of hydrogen-bond donors (Lipinski definition) is 1. The van der Waals surface area contributed by atoms with Crippen LogP contribution in [0.4, 0.5) is 0 Å². The Balaban J connectivity index is 2.02. The first kappa shape index (κ1) is 15.5. The van der Waals surface area contributed by atoms with Crippen LogP contribution in [0.15, 0.2) is 52.0 Å². The maximum atomic E-state index is 11.9. The topological polar surface area (TPSA) is 50.7 Å². The first-order valence-electron chi connectivity index (χ1n) is 6.02. The number of carbonyl (C=O) groups is 1. The van der Waals surface area contributed by atoms with Crippen molar-refractivity contribution in [3.63, 3.8) is 0 Å². The van der Waals surface area contributed by atoms with Crippen molar-refractivity contribution in [1.82, 2.24) is 5.43 Å². The number of rotatable bonds is 4. The first-order chi connectivity index (χ1) is 10.1. The fraction of sp³-hybridized carbons (Fsp3) is 0.0667. The van der Waals surface area contributed by atoms with Crippen LogP contribution in [0.5, 0.6) is 5.75 Å². The lowest BCUT2D eigenvalue weighted by Crippen LogP contribution is -2.17. The lowest BCUT2D eigenvalue weighted by atomic mass is 10.2. The maximum Gasteiger partial charge on any atom is 0.271 e. The number of hydrazone groups is 1. The Kier molecular flexibility index (Phi) is 5.36. The molecule has 0 aliphatic heterocycles. The number of nitrogens with one attached hydrogen (secondary N) is 1. The molecule has 21 heavy (non-hydrogen) atoms. The summed E-state index contributed by atoms with van der Waals surface area (Å²) in [6, 6.07) is 12.3. The molecule has 0 aliphatic carbocycles. The summed E-state index contributed by atoms with van der Waals surface area (Å²) in [5.74, 6) is 0.305. The van der Waals surface area contributed by atoms with Crippen molar-refractivity contribution in [1.29, 1.82) is 0 Å². The lowest BCUT2D eigenvalue weighted by molar-refractivity contribution is 0.0955. The van der Waals surface area contributed by atoms with E-state index in [9.17, 15) is 4.79 Å². The molecule has 0 saturated heterocycles. The normalized spacial score (nSPS) is 10.6. The molecule has 2 aromatic rings. The van der Waals surface area contributed by atoms with Crippen LogP contribution in [0.1, 0.15) is 15.9 Å². The number of hydrogen-bond acceptors (Lipinski definition) is 3. The minimum Gasteiger partial charge on any atom is -0.495 e. The van der Waals surface area contributed by atoms with Crippen LogP contribution < -0.4 is 10.2 Å². The van der Waals surface area contributed by atoms with E-state index in [4.69, 9.17) is 16.3 Å². The SMILES string of the molecule is COc1ccc(/C=N/NC(=O)c2cccc(Br)c2)cc1Cl.